The van der Waals surface area contributed by atoms with Gasteiger partial charge in [0.1, 0.15) is 10.7 Å². The molecule has 2 amide bonds. The fourth-order valence-electron chi connectivity index (χ4n) is 1.09. The van der Waals surface area contributed by atoms with Crippen molar-refractivity contribution in [1.29, 1.82) is 0 Å². The van der Waals surface area contributed by atoms with Crippen molar-refractivity contribution >= 4 is 28.9 Å². The molecule has 15 heavy (non-hydrogen) atoms. The monoisotopic (exact) mass is 224 g/mol. The highest BCUT2D eigenvalue weighted by Gasteiger charge is 2.20. The zero-order valence-electron chi connectivity index (χ0n) is 7.69. The van der Waals surface area contributed by atoms with Crippen molar-refractivity contribution in [3.8, 4) is 0 Å². The second-order valence-corrected chi connectivity index (χ2v) is 3.86. The largest absolute Gasteiger partial charge is 0.344 e. The topological polar surface area (TPSA) is 83.5 Å². The second kappa shape index (κ2) is 4.18. The SMILES string of the molecule is O=C1CC(C(=O)NCc2nccs2)=NN1. The molecule has 1 aromatic rings. The number of nitrogens with one attached hydrogen (secondary N) is 2. The Balaban J connectivity index is 1.85. The minimum absolute atomic E-state index is 0.0453. The molecule has 0 unspecified atom stereocenters. The summed E-state index contributed by atoms with van der Waals surface area (Å²) >= 11 is 1.46. The van der Waals surface area contributed by atoms with E-state index in [1.165, 1.54) is 11.3 Å². The maximum absolute atomic E-state index is 11.4. The summed E-state index contributed by atoms with van der Waals surface area (Å²) < 4.78 is 0. The highest BCUT2D eigenvalue weighted by atomic mass is 32.1. The van der Waals surface area contributed by atoms with Crippen LogP contribution in [0.1, 0.15) is 11.4 Å². The van der Waals surface area contributed by atoms with Crippen LogP contribution in [0.25, 0.3) is 0 Å². The van der Waals surface area contributed by atoms with Crippen LogP contribution in [-0.4, -0.2) is 22.5 Å². The number of aromatic nitrogens is 1. The van der Waals surface area contributed by atoms with Gasteiger partial charge in [-0.2, -0.15) is 5.10 Å². The van der Waals surface area contributed by atoms with E-state index in [1.54, 1.807) is 6.20 Å². The molecule has 0 spiro atoms. The van der Waals surface area contributed by atoms with Gasteiger partial charge in [-0.3, -0.25) is 9.59 Å². The predicted molar refractivity (Wildman–Crippen MR) is 54.2 cm³/mol. The van der Waals surface area contributed by atoms with Crippen molar-refractivity contribution in [2.45, 2.75) is 13.0 Å². The van der Waals surface area contributed by atoms with Crippen LogP contribution < -0.4 is 10.7 Å². The number of hydrogen-bond acceptors (Lipinski definition) is 5. The van der Waals surface area contributed by atoms with Crippen molar-refractivity contribution in [3.63, 3.8) is 0 Å². The number of amides is 2. The lowest BCUT2D eigenvalue weighted by Gasteiger charge is -2.00. The van der Waals surface area contributed by atoms with Gasteiger partial charge >= 0.3 is 0 Å². The van der Waals surface area contributed by atoms with Gasteiger partial charge in [0.05, 0.1) is 13.0 Å². The van der Waals surface area contributed by atoms with Gasteiger partial charge in [-0.1, -0.05) is 0 Å². The number of hydrogen-bond donors (Lipinski definition) is 2. The van der Waals surface area contributed by atoms with Crippen LogP contribution in [0.5, 0.6) is 0 Å². The number of rotatable bonds is 3. The Morgan fingerprint density at radius 3 is 3.13 bits per heavy atom. The summed E-state index contributed by atoms with van der Waals surface area (Å²) in [5.41, 5.74) is 2.44. The smallest absolute Gasteiger partial charge is 0.268 e. The Kier molecular flexibility index (Phi) is 2.72. The molecule has 0 radical (unpaired) electrons. The van der Waals surface area contributed by atoms with Crippen molar-refractivity contribution < 1.29 is 9.59 Å². The number of hydrazone groups is 1. The number of nitrogens with zero attached hydrogens (tertiary/aromatic N) is 2. The van der Waals surface area contributed by atoms with Crippen LogP contribution in [0.4, 0.5) is 0 Å². The molecule has 6 nitrogen and oxygen atoms in total. The molecule has 0 aliphatic carbocycles. The second-order valence-electron chi connectivity index (χ2n) is 2.88. The molecule has 1 aliphatic heterocycles. The molecule has 2 rings (SSSR count). The molecule has 2 heterocycles. The van der Waals surface area contributed by atoms with Crippen molar-refractivity contribution in [2.75, 3.05) is 0 Å². The van der Waals surface area contributed by atoms with E-state index < -0.39 is 0 Å². The molecule has 0 bridgehead atoms. The molecule has 1 aliphatic rings. The van der Waals surface area contributed by atoms with Crippen molar-refractivity contribution in [3.05, 3.63) is 16.6 Å². The summed E-state index contributed by atoms with van der Waals surface area (Å²) in [7, 11) is 0. The molecule has 0 saturated heterocycles. The summed E-state index contributed by atoms with van der Waals surface area (Å²) in [6, 6.07) is 0. The number of thiazole rings is 1. The van der Waals surface area contributed by atoms with Crippen molar-refractivity contribution in [2.24, 2.45) is 5.10 Å². The van der Waals surface area contributed by atoms with E-state index in [9.17, 15) is 9.59 Å². The third kappa shape index (κ3) is 2.38. The van der Waals surface area contributed by atoms with Crippen LogP contribution in [-0.2, 0) is 16.1 Å². The summed E-state index contributed by atoms with van der Waals surface area (Å²) in [5, 5.41) is 8.89. The van der Waals surface area contributed by atoms with Gasteiger partial charge in [0.25, 0.3) is 5.91 Å². The van der Waals surface area contributed by atoms with Crippen molar-refractivity contribution in [1.82, 2.24) is 15.7 Å². The maximum atomic E-state index is 11.4. The van der Waals surface area contributed by atoms with Gasteiger partial charge in [0.2, 0.25) is 5.91 Å². The Bertz CT molecular complexity index is 412. The predicted octanol–water partition coefficient (Wildman–Crippen LogP) is -0.365. The number of carbonyl (C=O) groups is 2. The van der Waals surface area contributed by atoms with Crippen LogP contribution in [0.15, 0.2) is 16.7 Å². The van der Waals surface area contributed by atoms with E-state index in [0.29, 0.717) is 6.54 Å². The molecular weight excluding hydrogens is 216 g/mol. The standard InChI is InChI=1S/C8H8N4O2S/c13-6-3-5(11-12-6)8(14)10-4-7-9-1-2-15-7/h1-2H,3-4H2,(H,10,14)(H,12,13). The highest BCUT2D eigenvalue weighted by Crippen LogP contribution is 2.03. The maximum Gasteiger partial charge on any atom is 0.268 e. The van der Waals surface area contributed by atoms with Gasteiger partial charge in [-0.25, -0.2) is 10.4 Å². The minimum Gasteiger partial charge on any atom is -0.344 e. The zero-order valence-corrected chi connectivity index (χ0v) is 8.50. The summed E-state index contributed by atoms with van der Waals surface area (Å²) in [6.07, 6.45) is 1.72. The van der Waals surface area contributed by atoms with Gasteiger partial charge in [-0.05, 0) is 0 Å². The normalized spacial score (nSPS) is 14.7. The van der Waals surface area contributed by atoms with Crippen LogP contribution in [0, 0.1) is 0 Å². The molecule has 1 aromatic heterocycles. The van der Waals surface area contributed by atoms with Crippen LogP contribution in [0.2, 0.25) is 0 Å². The highest BCUT2D eigenvalue weighted by molar-refractivity contribution is 7.09. The first kappa shape index (κ1) is 9.78. The minimum atomic E-state index is -0.330. The summed E-state index contributed by atoms with van der Waals surface area (Å²) in [6.45, 7) is 0.365. The summed E-state index contributed by atoms with van der Waals surface area (Å²) in [4.78, 5) is 26.2. The lowest BCUT2D eigenvalue weighted by molar-refractivity contribution is -0.120. The van der Waals surface area contributed by atoms with E-state index in [1.807, 2.05) is 5.38 Å². The first-order valence-electron chi connectivity index (χ1n) is 4.27. The molecule has 0 aromatic carbocycles. The average molecular weight is 224 g/mol. The molecule has 2 N–H and O–H groups in total. The van der Waals surface area contributed by atoms with Gasteiger partial charge < -0.3 is 5.32 Å². The molecule has 7 heteroatoms. The van der Waals surface area contributed by atoms with Crippen LogP contribution >= 0.6 is 11.3 Å². The fourth-order valence-corrected chi connectivity index (χ4v) is 1.65. The Morgan fingerprint density at radius 1 is 1.67 bits per heavy atom. The van der Waals surface area contributed by atoms with E-state index >= 15 is 0 Å². The Morgan fingerprint density at radius 2 is 2.53 bits per heavy atom. The summed E-state index contributed by atoms with van der Waals surface area (Å²) in [5.74, 6) is -0.585. The van der Waals surface area contributed by atoms with E-state index in [2.05, 4.69) is 20.8 Å². The molecule has 0 atom stereocenters. The van der Waals surface area contributed by atoms with E-state index in [0.717, 1.165) is 5.01 Å². The third-order valence-corrected chi connectivity index (χ3v) is 2.57. The average Bonchev–Trinajstić information content (AvgIpc) is 2.84. The zero-order chi connectivity index (χ0) is 10.7. The molecule has 0 saturated carbocycles. The fraction of sp³-hybridized carbons (Fsp3) is 0.250. The molecule has 78 valence electrons. The number of carbonyl (C=O) groups excluding carboxylic acids is 2. The van der Waals surface area contributed by atoms with Crippen LogP contribution in [0.3, 0.4) is 0 Å². The first-order chi connectivity index (χ1) is 7.25. The lowest BCUT2D eigenvalue weighted by atomic mass is 10.2. The van der Waals surface area contributed by atoms with Gasteiger partial charge in [0, 0.05) is 11.6 Å². The van der Waals surface area contributed by atoms with Gasteiger partial charge in [-0.15, -0.1) is 11.3 Å². The Hall–Kier alpha value is -1.76. The quantitative estimate of drug-likeness (QED) is 0.735. The Labute approximate surface area is 89.4 Å². The lowest BCUT2D eigenvalue weighted by Crippen LogP contribution is -2.29. The first-order valence-corrected chi connectivity index (χ1v) is 5.15. The van der Waals surface area contributed by atoms with E-state index in [-0.39, 0.29) is 23.9 Å². The molecule has 0 fully saturated rings. The molecular formula is C8H8N4O2S. The van der Waals surface area contributed by atoms with E-state index in [4.69, 9.17) is 0 Å². The van der Waals surface area contributed by atoms with Gasteiger partial charge in [0.15, 0.2) is 0 Å². The third-order valence-electron chi connectivity index (χ3n) is 1.79.